The van der Waals surface area contributed by atoms with Crippen LogP contribution in [-0.2, 0) is 0 Å². The van der Waals surface area contributed by atoms with Crippen molar-refractivity contribution in [2.75, 3.05) is 5.32 Å². The smallest absolute Gasteiger partial charge is 0.257 e. The van der Waals surface area contributed by atoms with Gasteiger partial charge in [-0.2, -0.15) is 0 Å². The number of oxazole rings is 1. The van der Waals surface area contributed by atoms with Crippen LogP contribution in [-0.4, -0.2) is 10.9 Å². The molecule has 1 aromatic heterocycles. The molecular formula is C24H13Cl3N2O2. The van der Waals surface area contributed by atoms with Gasteiger partial charge in [0, 0.05) is 26.7 Å². The van der Waals surface area contributed by atoms with E-state index in [0.29, 0.717) is 38.3 Å². The van der Waals surface area contributed by atoms with Crippen LogP contribution in [0.1, 0.15) is 10.4 Å². The van der Waals surface area contributed by atoms with Crippen LogP contribution in [0.25, 0.3) is 33.3 Å². The predicted molar refractivity (Wildman–Crippen MR) is 126 cm³/mol. The molecule has 0 aliphatic rings. The standard InChI is InChI=1S/C24H13Cl3N2O2/c25-13-7-9-18(20(27)11-13)23(30)28-14-8-10-22-21(12-14)29-24(31-22)17-5-1-4-16-15(17)3-2-6-19(16)26/h1-12H,(H,28,30). The lowest BCUT2D eigenvalue weighted by molar-refractivity contribution is 0.102. The van der Waals surface area contributed by atoms with Gasteiger partial charge in [0.1, 0.15) is 5.52 Å². The molecule has 5 aromatic rings. The van der Waals surface area contributed by atoms with Crippen molar-refractivity contribution in [1.29, 1.82) is 0 Å². The zero-order valence-corrected chi connectivity index (χ0v) is 18.1. The first-order valence-corrected chi connectivity index (χ1v) is 10.5. The fraction of sp³-hybridized carbons (Fsp3) is 0. The molecule has 0 aliphatic heterocycles. The Kier molecular flexibility index (Phi) is 5.06. The van der Waals surface area contributed by atoms with E-state index in [9.17, 15) is 4.79 Å². The highest BCUT2D eigenvalue weighted by Gasteiger charge is 2.15. The molecule has 0 radical (unpaired) electrons. The highest BCUT2D eigenvalue weighted by Crippen LogP contribution is 2.34. The van der Waals surface area contributed by atoms with E-state index in [0.717, 1.165) is 16.3 Å². The Bertz CT molecular complexity index is 1480. The molecule has 4 aromatic carbocycles. The van der Waals surface area contributed by atoms with Gasteiger partial charge in [-0.15, -0.1) is 0 Å². The van der Waals surface area contributed by atoms with Crippen molar-refractivity contribution in [2.45, 2.75) is 0 Å². The molecule has 0 aliphatic carbocycles. The molecule has 0 unspecified atom stereocenters. The molecule has 1 amide bonds. The number of halogens is 3. The zero-order valence-electron chi connectivity index (χ0n) is 15.8. The van der Waals surface area contributed by atoms with Gasteiger partial charge in [0.25, 0.3) is 5.91 Å². The largest absolute Gasteiger partial charge is 0.436 e. The second kappa shape index (κ2) is 7.89. The van der Waals surface area contributed by atoms with E-state index in [1.54, 1.807) is 30.3 Å². The summed E-state index contributed by atoms with van der Waals surface area (Å²) in [5.41, 5.74) is 2.98. The van der Waals surface area contributed by atoms with Crippen molar-refractivity contribution < 1.29 is 9.21 Å². The van der Waals surface area contributed by atoms with Crippen molar-refractivity contribution >= 4 is 68.3 Å². The summed E-state index contributed by atoms with van der Waals surface area (Å²) in [6.07, 6.45) is 0. The van der Waals surface area contributed by atoms with E-state index in [-0.39, 0.29) is 10.9 Å². The fourth-order valence-corrected chi connectivity index (χ4v) is 4.18. The number of nitrogens with zero attached hydrogens (tertiary/aromatic N) is 1. The molecule has 0 atom stereocenters. The van der Waals surface area contributed by atoms with Crippen molar-refractivity contribution in [2.24, 2.45) is 0 Å². The Morgan fingerprint density at radius 1 is 0.839 bits per heavy atom. The van der Waals surface area contributed by atoms with Gasteiger partial charge in [0.2, 0.25) is 5.89 Å². The van der Waals surface area contributed by atoms with Crippen LogP contribution in [0.2, 0.25) is 15.1 Å². The van der Waals surface area contributed by atoms with E-state index in [4.69, 9.17) is 39.2 Å². The van der Waals surface area contributed by atoms with E-state index >= 15 is 0 Å². The van der Waals surface area contributed by atoms with E-state index in [1.807, 2.05) is 36.4 Å². The monoisotopic (exact) mass is 466 g/mol. The molecule has 7 heteroatoms. The van der Waals surface area contributed by atoms with Crippen LogP contribution in [0.3, 0.4) is 0 Å². The maximum Gasteiger partial charge on any atom is 0.257 e. The third-order valence-electron chi connectivity index (χ3n) is 4.92. The first-order valence-electron chi connectivity index (χ1n) is 9.34. The SMILES string of the molecule is O=C(Nc1ccc2oc(-c3cccc4c(Cl)cccc34)nc2c1)c1ccc(Cl)cc1Cl. The Balaban J connectivity index is 1.50. The fourth-order valence-electron chi connectivity index (χ4n) is 3.45. The van der Waals surface area contributed by atoms with Gasteiger partial charge in [-0.25, -0.2) is 4.98 Å². The summed E-state index contributed by atoms with van der Waals surface area (Å²) >= 11 is 18.4. The molecule has 1 heterocycles. The van der Waals surface area contributed by atoms with Gasteiger partial charge in [0.05, 0.1) is 10.6 Å². The number of hydrogen-bond donors (Lipinski definition) is 1. The Hall–Kier alpha value is -3.05. The normalized spacial score (nSPS) is 11.2. The topological polar surface area (TPSA) is 55.1 Å². The predicted octanol–water partition coefficient (Wildman–Crippen LogP) is 7.86. The average molecular weight is 468 g/mol. The number of carbonyl (C=O) groups is 1. The van der Waals surface area contributed by atoms with Gasteiger partial charge >= 0.3 is 0 Å². The zero-order chi connectivity index (χ0) is 21.5. The maximum atomic E-state index is 12.6. The van der Waals surface area contributed by atoms with Gasteiger partial charge < -0.3 is 9.73 Å². The molecule has 0 spiro atoms. The van der Waals surface area contributed by atoms with Gasteiger partial charge in [0.15, 0.2) is 5.58 Å². The lowest BCUT2D eigenvalue weighted by Crippen LogP contribution is -2.12. The van der Waals surface area contributed by atoms with Crippen LogP contribution >= 0.6 is 34.8 Å². The summed E-state index contributed by atoms with van der Waals surface area (Å²) in [4.78, 5) is 17.2. The summed E-state index contributed by atoms with van der Waals surface area (Å²) in [6.45, 7) is 0. The Morgan fingerprint density at radius 2 is 1.65 bits per heavy atom. The van der Waals surface area contributed by atoms with Gasteiger partial charge in [-0.05, 0) is 53.9 Å². The minimum atomic E-state index is -0.339. The molecule has 0 bridgehead atoms. The lowest BCUT2D eigenvalue weighted by atomic mass is 10.0. The maximum absolute atomic E-state index is 12.6. The van der Waals surface area contributed by atoms with Crippen LogP contribution in [0.4, 0.5) is 5.69 Å². The van der Waals surface area contributed by atoms with Gasteiger partial charge in [-0.3, -0.25) is 4.79 Å². The number of carbonyl (C=O) groups excluding carboxylic acids is 1. The van der Waals surface area contributed by atoms with Crippen LogP contribution < -0.4 is 5.32 Å². The Morgan fingerprint density at radius 3 is 2.48 bits per heavy atom. The van der Waals surface area contributed by atoms with Crippen molar-refractivity contribution in [3.05, 3.63) is 93.4 Å². The molecule has 4 nitrogen and oxygen atoms in total. The number of aromatic nitrogens is 1. The molecule has 5 rings (SSSR count). The second-order valence-electron chi connectivity index (χ2n) is 6.92. The van der Waals surface area contributed by atoms with E-state index in [1.165, 1.54) is 6.07 Å². The minimum absolute atomic E-state index is 0.282. The average Bonchev–Trinajstić information content (AvgIpc) is 3.17. The number of benzene rings is 4. The highest BCUT2D eigenvalue weighted by atomic mass is 35.5. The highest BCUT2D eigenvalue weighted by molar-refractivity contribution is 6.37. The number of hydrogen-bond acceptors (Lipinski definition) is 3. The van der Waals surface area contributed by atoms with Crippen molar-refractivity contribution in [3.63, 3.8) is 0 Å². The summed E-state index contributed by atoms with van der Waals surface area (Å²) < 4.78 is 5.98. The number of fused-ring (bicyclic) bond motifs is 2. The third-order valence-corrected chi connectivity index (χ3v) is 5.80. The first kappa shape index (κ1) is 19.9. The summed E-state index contributed by atoms with van der Waals surface area (Å²) in [5.74, 6) is 0.139. The number of anilines is 1. The number of rotatable bonds is 3. The molecule has 31 heavy (non-hydrogen) atoms. The molecule has 0 saturated heterocycles. The van der Waals surface area contributed by atoms with Crippen LogP contribution in [0, 0.1) is 0 Å². The summed E-state index contributed by atoms with van der Waals surface area (Å²) in [5, 5.41) is 6.13. The summed E-state index contributed by atoms with van der Waals surface area (Å²) in [7, 11) is 0. The molecule has 0 fully saturated rings. The summed E-state index contributed by atoms with van der Waals surface area (Å²) in [6, 6.07) is 21.5. The molecule has 0 saturated carbocycles. The molecule has 1 N–H and O–H groups in total. The van der Waals surface area contributed by atoms with E-state index < -0.39 is 0 Å². The lowest BCUT2D eigenvalue weighted by Gasteiger charge is -2.06. The van der Waals surface area contributed by atoms with E-state index in [2.05, 4.69) is 10.3 Å². The minimum Gasteiger partial charge on any atom is -0.436 e. The number of nitrogens with one attached hydrogen (secondary N) is 1. The van der Waals surface area contributed by atoms with Crippen molar-refractivity contribution in [3.8, 4) is 11.5 Å². The van der Waals surface area contributed by atoms with Crippen LogP contribution in [0.15, 0.2) is 77.2 Å². The quantitative estimate of drug-likeness (QED) is 0.294. The number of amides is 1. The molecular weight excluding hydrogens is 455 g/mol. The van der Waals surface area contributed by atoms with Crippen LogP contribution in [0.5, 0.6) is 0 Å². The third kappa shape index (κ3) is 3.74. The Labute approximate surface area is 192 Å². The first-order chi connectivity index (χ1) is 15.0. The second-order valence-corrected chi connectivity index (χ2v) is 8.17. The van der Waals surface area contributed by atoms with Crippen molar-refractivity contribution in [1.82, 2.24) is 4.98 Å². The molecule has 152 valence electrons. The van der Waals surface area contributed by atoms with Gasteiger partial charge in [-0.1, -0.05) is 59.1 Å².